The SMILES string of the molecule is C=C(C)C(=O)OCCN(CCCOC)CCOC(=O)C(=C)C. The summed E-state index contributed by atoms with van der Waals surface area (Å²) in [6.07, 6.45) is 0.847. The molecular weight excluding hydrogens is 286 g/mol. The summed E-state index contributed by atoms with van der Waals surface area (Å²) >= 11 is 0. The lowest BCUT2D eigenvalue weighted by Crippen LogP contribution is -2.33. The molecule has 0 radical (unpaired) electrons. The average Bonchev–Trinajstić information content (AvgIpc) is 2.46. The normalized spacial score (nSPS) is 10.4. The minimum Gasteiger partial charge on any atom is -0.461 e. The van der Waals surface area contributed by atoms with Gasteiger partial charge in [0.2, 0.25) is 0 Å². The molecule has 6 heteroatoms. The van der Waals surface area contributed by atoms with E-state index < -0.39 is 11.9 Å². The zero-order valence-corrected chi connectivity index (χ0v) is 13.9. The van der Waals surface area contributed by atoms with Gasteiger partial charge in [0, 0.05) is 44.5 Å². The third-order valence-electron chi connectivity index (χ3n) is 2.80. The molecule has 0 saturated carbocycles. The molecule has 0 aliphatic carbocycles. The number of methoxy groups -OCH3 is 1. The second kappa shape index (κ2) is 11.9. The van der Waals surface area contributed by atoms with Gasteiger partial charge in [-0.3, -0.25) is 4.90 Å². The Morgan fingerprint density at radius 1 is 0.864 bits per heavy atom. The van der Waals surface area contributed by atoms with Crippen molar-refractivity contribution in [3.8, 4) is 0 Å². The topological polar surface area (TPSA) is 65.1 Å². The molecule has 0 unspecified atom stereocenters. The summed E-state index contributed by atoms with van der Waals surface area (Å²) in [5.74, 6) is -0.795. The van der Waals surface area contributed by atoms with Crippen LogP contribution < -0.4 is 0 Å². The van der Waals surface area contributed by atoms with Crippen LogP contribution in [0, 0.1) is 0 Å². The Balaban J connectivity index is 4.13. The predicted molar refractivity (Wildman–Crippen MR) is 84.5 cm³/mol. The van der Waals surface area contributed by atoms with Crippen LogP contribution in [0.1, 0.15) is 20.3 Å². The summed E-state index contributed by atoms with van der Waals surface area (Å²) in [6.45, 7) is 13.4. The molecule has 6 nitrogen and oxygen atoms in total. The van der Waals surface area contributed by atoms with E-state index in [0.717, 1.165) is 13.0 Å². The maximum absolute atomic E-state index is 11.3. The van der Waals surface area contributed by atoms with Crippen molar-refractivity contribution in [3.05, 3.63) is 24.3 Å². The highest BCUT2D eigenvalue weighted by atomic mass is 16.5. The van der Waals surface area contributed by atoms with Crippen molar-refractivity contribution in [2.24, 2.45) is 0 Å². The fourth-order valence-corrected chi connectivity index (χ4v) is 1.55. The molecule has 126 valence electrons. The van der Waals surface area contributed by atoms with Gasteiger partial charge < -0.3 is 14.2 Å². The van der Waals surface area contributed by atoms with E-state index >= 15 is 0 Å². The van der Waals surface area contributed by atoms with Crippen molar-refractivity contribution in [2.45, 2.75) is 20.3 Å². The smallest absolute Gasteiger partial charge is 0.333 e. The van der Waals surface area contributed by atoms with Crippen LogP contribution in [0.15, 0.2) is 24.3 Å². The molecule has 0 aromatic heterocycles. The van der Waals surface area contributed by atoms with Gasteiger partial charge in [-0.1, -0.05) is 13.2 Å². The third kappa shape index (κ3) is 10.1. The van der Waals surface area contributed by atoms with Crippen LogP contribution in [-0.2, 0) is 23.8 Å². The highest BCUT2D eigenvalue weighted by Crippen LogP contribution is 1.98. The lowest BCUT2D eigenvalue weighted by molar-refractivity contribution is -0.139. The van der Waals surface area contributed by atoms with Crippen LogP contribution >= 0.6 is 0 Å². The van der Waals surface area contributed by atoms with Crippen molar-refractivity contribution in [2.75, 3.05) is 46.6 Å². The molecule has 0 saturated heterocycles. The maximum atomic E-state index is 11.3. The van der Waals surface area contributed by atoms with Gasteiger partial charge in [-0.2, -0.15) is 0 Å². The van der Waals surface area contributed by atoms with E-state index in [4.69, 9.17) is 14.2 Å². The van der Waals surface area contributed by atoms with Gasteiger partial charge in [-0.25, -0.2) is 9.59 Å². The van der Waals surface area contributed by atoms with Gasteiger partial charge in [-0.05, 0) is 20.3 Å². The molecule has 22 heavy (non-hydrogen) atoms. The molecule has 0 aromatic carbocycles. The van der Waals surface area contributed by atoms with E-state index in [9.17, 15) is 9.59 Å². The molecule has 0 spiro atoms. The number of carbonyl (C=O) groups excluding carboxylic acids is 2. The van der Waals surface area contributed by atoms with E-state index in [1.807, 2.05) is 0 Å². The molecule has 0 heterocycles. The van der Waals surface area contributed by atoms with Crippen LogP contribution in [0.4, 0.5) is 0 Å². The Bertz CT molecular complexity index is 360. The Labute approximate surface area is 132 Å². The second-order valence-corrected chi connectivity index (χ2v) is 5.02. The molecule has 0 aliphatic rings. The van der Waals surface area contributed by atoms with Crippen LogP contribution in [0.3, 0.4) is 0 Å². The van der Waals surface area contributed by atoms with Crippen LogP contribution in [0.5, 0.6) is 0 Å². The molecule has 0 rings (SSSR count). The summed E-state index contributed by atoms with van der Waals surface area (Å²) in [5, 5.41) is 0. The van der Waals surface area contributed by atoms with Crippen molar-refractivity contribution in [1.29, 1.82) is 0 Å². The lowest BCUT2D eigenvalue weighted by Gasteiger charge is -2.21. The van der Waals surface area contributed by atoms with Crippen molar-refractivity contribution in [3.63, 3.8) is 0 Å². The summed E-state index contributed by atoms with van der Waals surface area (Å²) in [4.78, 5) is 24.7. The first-order chi connectivity index (χ1) is 10.4. The summed E-state index contributed by atoms with van der Waals surface area (Å²) in [6, 6.07) is 0. The Morgan fingerprint density at radius 2 is 1.32 bits per heavy atom. The molecule has 0 aliphatic heterocycles. The Morgan fingerprint density at radius 3 is 1.68 bits per heavy atom. The first kappa shape index (κ1) is 20.3. The zero-order valence-electron chi connectivity index (χ0n) is 13.9. The minimum absolute atomic E-state index is 0.271. The minimum atomic E-state index is -0.398. The molecular formula is C16H27NO5. The van der Waals surface area contributed by atoms with E-state index in [-0.39, 0.29) is 13.2 Å². The lowest BCUT2D eigenvalue weighted by atomic mass is 10.3. The van der Waals surface area contributed by atoms with Gasteiger partial charge in [0.05, 0.1) is 0 Å². The number of ether oxygens (including phenoxy) is 3. The van der Waals surface area contributed by atoms with Gasteiger partial charge in [0.15, 0.2) is 0 Å². The highest BCUT2D eigenvalue weighted by molar-refractivity contribution is 5.87. The second-order valence-electron chi connectivity index (χ2n) is 5.02. The zero-order chi connectivity index (χ0) is 17.0. The van der Waals surface area contributed by atoms with Gasteiger partial charge >= 0.3 is 11.9 Å². The van der Waals surface area contributed by atoms with Crippen LogP contribution in [0.25, 0.3) is 0 Å². The quantitative estimate of drug-likeness (QED) is 0.309. The number of hydrogen-bond acceptors (Lipinski definition) is 6. The maximum Gasteiger partial charge on any atom is 0.333 e. The highest BCUT2D eigenvalue weighted by Gasteiger charge is 2.09. The predicted octanol–water partition coefficient (Wildman–Crippen LogP) is 1.56. The van der Waals surface area contributed by atoms with E-state index in [2.05, 4.69) is 18.1 Å². The van der Waals surface area contributed by atoms with Gasteiger partial charge in [-0.15, -0.1) is 0 Å². The van der Waals surface area contributed by atoms with Gasteiger partial charge in [0.1, 0.15) is 13.2 Å². The van der Waals surface area contributed by atoms with Gasteiger partial charge in [0.25, 0.3) is 0 Å². The Hall–Kier alpha value is -1.66. The molecule has 0 amide bonds. The molecule has 0 fully saturated rings. The summed E-state index contributed by atoms with van der Waals surface area (Å²) in [7, 11) is 1.65. The number of esters is 2. The molecule has 0 aromatic rings. The Kier molecular flexibility index (Phi) is 11.0. The first-order valence-corrected chi connectivity index (χ1v) is 7.25. The van der Waals surface area contributed by atoms with E-state index in [0.29, 0.717) is 30.8 Å². The largest absolute Gasteiger partial charge is 0.461 e. The number of carbonyl (C=O) groups is 2. The molecule has 0 N–H and O–H groups in total. The van der Waals surface area contributed by atoms with Crippen molar-refractivity contribution < 1.29 is 23.8 Å². The third-order valence-corrected chi connectivity index (χ3v) is 2.80. The van der Waals surface area contributed by atoms with Crippen LogP contribution in [0.2, 0.25) is 0 Å². The summed E-state index contributed by atoms with van der Waals surface area (Å²) in [5.41, 5.74) is 0.752. The first-order valence-electron chi connectivity index (χ1n) is 7.25. The molecule has 0 bridgehead atoms. The fraction of sp³-hybridized carbons (Fsp3) is 0.625. The molecule has 0 atom stereocenters. The average molecular weight is 313 g/mol. The standard InChI is InChI=1S/C16H27NO5/c1-13(2)15(18)21-11-8-17(7-6-10-20-5)9-12-22-16(19)14(3)4/h1,3,6-12H2,2,4-5H3. The van der Waals surface area contributed by atoms with Crippen molar-refractivity contribution >= 4 is 11.9 Å². The number of hydrogen-bond donors (Lipinski definition) is 0. The monoisotopic (exact) mass is 313 g/mol. The van der Waals surface area contributed by atoms with Crippen molar-refractivity contribution in [1.82, 2.24) is 4.90 Å². The number of nitrogens with zero attached hydrogens (tertiary/aromatic N) is 1. The fourth-order valence-electron chi connectivity index (χ4n) is 1.55. The number of rotatable bonds is 12. The van der Waals surface area contributed by atoms with E-state index in [1.165, 1.54) is 0 Å². The van der Waals surface area contributed by atoms with Crippen LogP contribution in [-0.4, -0.2) is 63.4 Å². The summed E-state index contributed by atoms with van der Waals surface area (Å²) < 4.78 is 15.2. The van der Waals surface area contributed by atoms with E-state index in [1.54, 1.807) is 21.0 Å².